The van der Waals surface area contributed by atoms with Gasteiger partial charge in [0.25, 0.3) is 0 Å². The van der Waals surface area contributed by atoms with Crippen LogP contribution in [-0.4, -0.2) is 18.0 Å². The first-order chi connectivity index (χ1) is 7.70. The summed E-state index contributed by atoms with van der Waals surface area (Å²) >= 11 is 0. The van der Waals surface area contributed by atoms with Crippen LogP contribution < -0.4 is 4.74 Å². The van der Waals surface area contributed by atoms with E-state index in [1.807, 2.05) is 6.08 Å². The van der Waals surface area contributed by atoms with Crippen molar-refractivity contribution in [1.82, 2.24) is 0 Å². The molecular formula is C13H14O3. The molecule has 0 atom stereocenters. The van der Waals surface area contributed by atoms with Crippen LogP contribution in [0.25, 0.3) is 6.08 Å². The predicted octanol–water partition coefficient (Wildman–Crippen LogP) is 2.54. The van der Waals surface area contributed by atoms with E-state index in [2.05, 4.69) is 0 Å². The van der Waals surface area contributed by atoms with Crippen molar-refractivity contribution < 1.29 is 14.6 Å². The summed E-state index contributed by atoms with van der Waals surface area (Å²) < 4.78 is 5.01. The maximum atomic E-state index is 11.5. The first-order valence-corrected chi connectivity index (χ1v) is 5.31. The van der Waals surface area contributed by atoms with Crippen LogP contribution >= 0.6 is 0 Å². The average molecular weight is 218 g/mol. The molecule has 1 N–H and O–H groups in total. The summed E-state index contributed by atoms with van der Waals surface area (Å²) in [6.45, 7) is 0. The fraction of sp³-hybridized carbons (Fsp3) is 0.308. The van der Waals surface area contributed by atoms with Gasteiger partial charge in [-0.25, -0.2) is 0 Å². The van der Waals surface area contributed by atoms with Gasteiger partial charge in [-0.15, -0.1) is 0 Å². The predicted molar refractivity (Wildman–Crippen MR) is 61.5 cm³/mol. The number of ketones is 1. The second-order valence-corrected chi connectivity index (χ2v) is 3.88. The highest BCUT2D eigenvalue weighted by Gasteiger charge is 2.16. The second-order valence-electron chi connectivity index (χ2n) is 3.88. The Balaban J connectivity index is 2.31. The molecule has 3 nitrogen and oxygen atoms in total. The van der Waals surface area contributed by atoms with Crippen molar-refractivity contribution in [3.8, 4) is 11.5 Å². The van der Waals surface area contributed by atoms with Crippen molar-refractivity contribution in [2.75, 3.05) is 7.11 Å². The SMILES string of the molecule is COc1cc(/C=C2/CCCC2=O)ccc1O. The lowest BCUT2D eigenvalue weighted by Gasteiger charge is -2.04. The molecule has 0 heterocycles. The van der Waals surface area contributed by atoms with E-state index in [0.717, 1.165) is 24.0 Å². The second kappa shape index (κ2) is 4.39. The van der Waals surface area contributed by atoms with Crippen molar-refractivity contribution >= 4 is 11.9 Å². The Kier molecular flexibility index (Phi) is 2.95. The fourth-order valence-electron chi connectivity index (χ4n) is 1.88. The number of carbonyl (C=O) groups excluding carboxylic acids is 1. The summed E-state index contributed by atoms with van der Waals surface area (Å²) in [5, 5.41) is 9.44. The lowest BCUT2D eigenvalue weighted by Crippen LogP contribution is -1.91. The number of benzene rings is 1. The van der Waals surface area contributed by atoms with Gasteiger partial charge in [0.1, 0.15) is 0 Å². The number of methoxy groups -OCH3 is 1. The molecule has 0 saturated heterocycles. The van der Waals surface area contributed by atoms with E-state index in [9.17, 15) is 9.90 Å². The maximum Gasteiger partial charge on any atom is 0.161 e. The van der Waals surface area contributed by atoms with Gasteiger partial charge in [-0.3, -0.25) is 4.79 Å². The number of hydrogen-bond acceptors (Lipinski definition) is 3. The summed E-state index contributed by atoms with van der Waals surface area (Å²) in [6, 6.07) is 5.08. The van der Waals surface area contributed by atoms with E-state index in [0.29, 0.717) is 12.2 Å². The zero-order valence-corrected chi connectivity index (χ0v) is 9.19. The van der Waals surface area contributed by atoms with Crippen LogP contribution in [0.2, 0.25) is 0 Å². The number of hydrogen-bond donors (Lipinski definition) is 1. The Morgan fingerprint density at radius 3 is 2.81 bits per heavy atom. The molecule has 1 aromatic carbocycles. The molecule has 0 spiro atoms. The van der Waals surface area contributed by atoms with Gasteiger partial charge in [0.05, 0.1) is 7.11 Å². The summed E-state index contributed by atoms with van der Waals surface area (Å²) in [4.78, 5) is 11.5. The van der Waals surface area contributed by atoms with E-state index >= 15 is 0 Å². The van der Waals surface area contributed by atoms with Crippen LogP contribution in [0, 0.1) is 0 Å². The van der Waals surface area contributed by atoms with E-state index in [4.69, 9.17) is 4.74 Å². The van der Waals surface area contributed by atoms with Gasteiger partial charge in [-0.1, -0.05) is 6.07 Å². The number of allylic oxidation sites excluding steroid dienone is 1. The normalized spacial score (nSPS) is 18.1. The first kappa shape index (κ1) is 10.7. The molecule has 1 saturated carbocycles. The van der Waals surface area contributed by atoms with Crippen molar-refractivity contribution in [3.05, 3.63) is 29.3 Å². The molecule has 1 aromatic rings. The fourth-order valence-corrected chi connectivity index (χ4v) is 1.88. The Labute approximate surface area is 94.4 Å². The Hall–Kier alpha value is -1.77. The number of aromatic hydroxyl groups is 1. The summed E-state index contributed by atoms with van der Waals surface area (Å²) in [7, 11) is 1.51. The van der Waals surface area contributed by atoms with Crippen LogP contribution in [0.5, 0.6) is 11.5 Å². The standard InChI is InChI=1S/C13H14O3/c1-16-13-8-9(5-6-12(13)15)7-10-3-2-4-11(10)14/h5-8,15H,2-4H2,1H3/b10-7-. The number of rotatable bonds is 2. The van der Waals surface area contributed by atoms with Crippen LogP contribution in [0.3, 0.4) is 0 Å². The Bertz CT molecular complexity index is 446. The van der Waals surface area contributed by atoms with Crippen LogP contribution in [0.4, 0.5) is 0 Å². The zero-order valence-electron chi connectivity index (χ0n) is 9.19. The van der Waals surface area contributed by atoms with Gasteiger partial charge < -0.3 is 9.84 Å². The monoisotopic (exact) mass is 218 g/mol. The van der Waals surface area contributed by atoms with Crippen LogP contribution in [0.15, 0.2) is 23.8 Å². The number of Topliss-reactive ketones (excluding diaryl/α,β-unsaturated/α-hetero) is 1. The minimum atomic E-state index is 0.113. The van der Waals surface area contributed by atoms with E-state index < -0.39 is 0 Å². The van der Waals surface area contributed by atoms with Crippen molar-refractivity contribution in [2.45, 2.75) is 19.3 Å². The third kappa shape index (κ3) is 2.08. The lowest BCUT2D eigenvalue weighted by molar-refractivity contribution is -0.114. The Morgan fingerprint density at radius 1 is 1.38 bits per heavy atom. The van der Waals surface area contributed by atoms with Gasteiger partial charge in [-0.05, 0) is 42.2 Å². The number of carbonyl (C=O) groups is 1. The van der Waals surface area contributed by atoms with Crippen molar-refractivity contribution in [1.29, 1.82) is 0 Å². The third-order valence-electron chi connectivity index (χ3n) is 2.75. The molecule has 0 amide bonds. The van der Waals surface area contributed by atoms with Gasteiger partial charge in [0.15, 0.2) is 17.3 Å². The summed E-state index contributed by atoms with van der Waals surface area (Å²) in [5.41, 5.74) is 1.76. The van der Waals surface area contributed by atoms with Crippen LogP contribution in [0.1, 0.15) is 24.8 Å². The minimum absolute atomic E-state index is 0.113. The van der Waals surface area contributed by atoms with Crippen molar-refractivity contribution in [3.63, 3.8) is 0 Å². The third-order valence-corrected chi connectivity index (χ3v) is 2.75. The van der Waals surface area contributed by atoms with Crippen molar-refractivity contribution in [2.24, 2.45) is 0 Å². The molecule has 1 aliphatic rings. The molecule has 0 aliphatic heterocycles. The van der Waals surface area contributed by atoms with Gasteiger partial charge in [0.2, 0.25) is 0 Å². The molecule has 16 heavy (non-hydrogen) atoms. The molecular weight excluding hydrogens is 204 g/mol. The number of phenolic OH excluding ortho intramolecular Hbond substituents is 1. The number of phenols is 1. The highest BCUT2D eigenvalue weighted by Crippen LogP contribution is 2.29. The molecule has 2 rings (SSSR count). The smallest absolute Gasteiger partial charge is 0.161 e. The molecule has 84 valence electrons. The first-order valence-electron chi connectivity index (χ1n) is 5.31. The minimum Gasteiger partial charge on any atom is -0.504 e. The van der Waals surface area contributed by atoms with Gasteiger partial charge in [0, 0.05) is 6.42 Å². The van der Waals surface area contributed by atoms with E-state index in [1.54, 1.807) is 18.2 Å². The van der Waals surface area contributed by atoms with E-state index in [-0.39, 0.29) is 11.5 Å². The maximum absolute atomic E-state index is 11.5. The van der Waals surface area contributed by atoms with E-state index in [1.165, 1.54) is 7.11 Å². The quantitative estimate of drug-likeness (QED) is 0.776. The molecule has 1 fully saturated rings. The van der Waals surface area contributed by atoms with Crippen LogP contribution in [-0.2, 0) is 4.79 Å². The lowest BCUT2D eigenvalue weighted by atomic mass is 10.1. The average Bonchev–Trinajstić information content (AvgIpc) is 2.67. The summed E-state index contributed by atoms with van der Waals surface area (Å²) in [5.74, 6) is 0.772. The summed E-state index contributed by atoms with van der Waals surface area (Å²) in [6.07, 6.45) is 4.32. The highest BCUT2D eigenvalue weighted by molar-refractivity contribution is 6.01. The molecule has 1 aliphatic carbocycles. The molecule has 0 radical (unpaired) electrons. The molecule has 3 heteroatoms. The molecule has 0 unspecified atom stereocenters. The topological polar surface area (TPSA) is 46.5 Å². The molecule has 0 bridgehead atoms. The van der Waals surface area contributed by atoms with Gasteiger partial charge >= 0.3 is 0 Å². The number of ether oxygens (including phenoxy) is 1. The van der Waals surface area contributed by atoms with Gasteiger partial charge in [-0.2, -0.15) is 0 Å². The highest BCUT2D eigenvalue weighted by atomic mass is 16.5. The Morgan fingerprint density at radius 2 is 2.19 bits per heavy atom. The largest absolute Gasteiger partial charge is 0.504 e. The molecule has 0 aromatic heterocycles. The zero-order chi connectivity index (χ0) is 11.5.